The molecular weight excluding hydrogens is 821 g/mol. The first-order valence-corrected chi connectivity index (χ1v) is 23.3. The molecule has 0 N–H and O–H groups in total. The van der Waals surface area contributed by atoms with E-state index in [2.05, 4.69) is 206 Å². The lowest BCUT2D eigenvalue weighted by Gasteiger charge is -2.29. The van der Waals surface area contributed by atoms with Crippen LogP contribution in [0.1, 0.15) is 75.7 Å². The van der Waals surface area contributed by atoms with Gasteiger partial charge < -0.3 is 9.80 Å². The quantitative estimate of drug-likeness (QED) is 0.0999. The highest BCUT2D eigenvalue weighted by Crippen LogP contribution is 2.30. The highest BCUT2D eigenvalue weighted by molar-refractivity contribution is 5.55. The van der Waals surface area contributed by atoms with E-state index in [1.165, 1.54) is 0 Å². The maximum atomic E-state index is 4.52. The molecule has 1 atom stereocenters. The van der Waals surface area contributed by atoms with Gasteiger partial charge in [-0.25, -0.2) is 0 Å². The van der Waals surface area contributed by atoms with Crippen LogP contribution in [0.25, 0.3) is 0 Å². The molecule has 1 aliphatic rings. The molecule has 0 aromatic heterocycles. The van der Waals surface area contributed by atoms with Crippen LogP contribution >= 0.6 is 0 Å². The van der Waals surface area contributed by atoms with E-state index in [4.69, 9.17) is 0 Å². The molecule has 0 aliphatic carbocycles. The first kappa shape index (κ1) is 58.6. The Morgan fingerprint density at radius 2 is 1.12 bits per heavy atom. The summed E-state index contributed by atoms with van der Waals surface area (Å²) in [6.07, 6.45) is 64.2. The average Bonchev–Trinajstić information content (AvgIpc) is 3.33. The third-order valence-corrected chi connectivity index (χ3v) is 10.8. The van der Waals surface area contributed by atoms with Gasteiger partial charge in [0, 0.05) is 34.1 Å². The van der Waals surface area contributed by atoms with Crippen LogP contribution < -0.4 is 0 Å². The summed E-state index contributed by atoms with van der Waals surface area (Å²) in [4.78, 5) is 4.24. The van der Waals surface area contributed by atoms with E-state index in [-0.39, 0.29) is 0 Å². The van der Waals surface area contributed by atoms with Gasteiger partial charge in [0.15, 0.2) is 0 Å². The van der Waals surface area contributed by atoms with Crippen LogP contribution in [-0.2, 0) is 0 Å². The van der Waals surface area contributed by atoms with Gasteiger partial charge in [-0.05, 0) is 168 Å². The van der Waals surface area contributed by atoms with Crippen molar-refractivity contribution < 1.29 is 0 Å². The number of nitrogens with zero attached hydrogens (tertiary/aromatic N) is 2. The lowest BCUT2D eigenvalue weighted by atomic mass is 9.99. The van der Waals surface area contributed by atoms with Gasteiger partial charge in [0.25, 0.3) is 0 Å². The Hall–Kier alpha value is -7.42. The summed E-state index contributed by atoms with van der Waals surface area (Å²) in [7, 11) is 0. The van der Waals surface area contributed by atoms with Crippen molar-refractivity contribution in [3.05, 3.63) is 325 Å². The third-order valence-electron chi connectivity index (χ3n) is 10.8. The second kappa shape index (κ2) is 33.1. The van der Waals surface area contributed by atoms with Crippen molar-refractivity contribution in [2.75, 3.05) is 0 Å². The fraction of sp³-hybridized carbons (Fsp3) is 0.182. The Morgan fingerprint density at radius 3 is 1.59 bits per heavy atom. The van der Waals surface area contributed by atoms with E-state index in [0.717, 1.165) is 90.8 Å². The lowest BCUT2D eigenvalue weighted by Crippen LogP contribution is -2.20. The van der Waals surface area contributed by atoms with Crippen molar-refractivity contribution in [3.8, 4) is 0 Å². The third kappa shape index (κ3) is 19.2. The number of allylic oxidation sites excluding steroid dienone is 40. The molecule has 0 saturated carbocycles. The SMILES string of the molecule is C=CC(=C(\C=C/C)N1C(=C)/C=C\C=C/C(C)C/C=C\C(C)=C/C1=C)/C(C)=C/C=C(C=C)/C(/C=C\C(=C/C)N(/C(C=C)=C/C=C(C)/C(C=C)=C/C=C\C)/C(C=C)=C/C=C(C)/C(C=C)=C/C=C\C)=C/C. The summed E-state index contributed by atoms with van der Waals surface area (Å²) >= 11 is 0. The van der Waals surface area contributed by atoms with Gasteiger partial charge in [-0.3, -0.25) is 0 Å². The smallest absolute Gasteiger partial charge is 0.0532 e. The Bertz CT molecular complexity index is 2410. The summed E-state index contributed by atoms with van der Waals surface area (Å²) in [5.74, 6) is 0.418. The Morgan fingerprint density at radius 1 is 0.559 bits per heavy atom. The molecule has 0 fully saturated rings. The molecule has 1 unspecified atom stereocenters. The molecule has 0 radical (unpaired) electrons. The summed E-state index contributed by atoms with van der Waals surface area (Å²) < 4.78 is 0. The Kier molecular flexibility index (Phi) is 28.5. The minimum Gasteiger partial charge on any atom is -0.311 e. The van der Waals surface area contributed by atoms with E-state index >= 15 is 0 Å². The fourth-order valence-corrected chi connectivity index (χ4v) is 6.89. The molecule has 68 heavy (non-hydrogen) atoms. The maximum Gasteiger partial charge on any atom is 0.0532 e. The second-order valence-electron chi connectivity index (χ2n) is 15.9. The van der Waals surface area contributed by atoms with Crippen LogP contribution in [0.5, 0.6) is 0 Å². The van der Waals surface area contributed by atoms with Crippen molar-refractivity contribution >= 4 is 0 Å². The molecule has 1 rings (SSSR count). The van der Waals surface area contributed by atoms with Crippen molar-refractivity contribution in [1.82, 2.24) is 9.80 Å². The highest BCUT2D eigenvalue weighted by atomic mass is 15.2. The van der Waals surface area contributed by atoms with Crippen molar-refractivity contribution in [2.45, 2.75) is 75.7 Å². The summed E-state index contributed by atoms with van der Waals surface area (Å²) in [6, 6.07) is 0. The van der Waals surface area contributed by atoms with Crippen LogP contribution in [0.4, 0.5) is 0 Å². The number of hydrogen-bond acceptors (Lipinski definition) is 2. The molecular formula is C66H80N2. The predicted molar refractivity (Wildman–Crippen MR) is 308 cm³/mol. The van der Waals surface area contributed by atoms with E-state index in [0.29, 0.717) is 5.92 Å². The molecule has 0 saturated heterocycles. The lowest BCUT2D eigenvalue weighted by molar-refractivity contribution is 0.577. The average molecular weight is 901 g/mol. The van der Waals surface area contributed by atoms with Gasteiger partial charge in [0.05, 0.1) is 5.70 Å². The second-order valence-corrected chi connectivity index (χ2v) is 15.9. The Labute approximate surface area is 414 Å². The molecule has 0 aromatic carbocycles. The zero-order valence-corrected chi connectivity index (χ0v) is 43.2. The van der Waals surface area contributed by atoms with Gasteiger partial charge in [-0.1, -0.05) is 199 Å². The highest BCUT2D eigenvalue weighted by Gasteiger charge is 2.17. The minimum absolute atomic E-state index is 0.418. The molecule has 0 bridgehead atoms. The molecule has 0 spiro atoms. The first-order valence-electron chi connectivity index (χ1n) is 23.3. The number of hydrogen-bond donors (Lipinski definition) is 0. The molecule has 2 heteroatoms. The summed E-state index contributed by atoms with van der Waals surface area (Å²) in [5.41, 5.74) is 14.2. The van der Waals surface area contributed by atoms with E-state index in [1.807, 2.05) is 114 Å². The van der Waals surface area contributed by atoms with Crippen LogP contribution in [0, 0.1) is 5.92 Å². The summed E-state index contributed by atoms with van der Waals surface area (Å²) in [6.45, 7) is 54.8. The van der Waals surface area contributed by atoms with Gasteiger partial charge >= 0.3 is 0 Å². The van der Waals surface area contributed by atoms with E-state index in [9.17, 15) is 0 Å². The zero-order chi connectivity index (χ0) is 51.0. The van der Waals surface area contributed by atoms with Crippen LogP contribution in [0.15, 0.2) is 325 Å². The number of rotatable bonds is 22. The van der Waals surface area contributed by atoms with Gasteiger partial charge in [0.2, 0.25) is 0 Å². The van der Waals surface area contributed by atoms with Crippen molar-refractivity contribution in [3.63, 3.8) is 0 Å². The molecule has 1 heterocycles. The Balaban J connectivity index is 4.16. The molecule has 0 amide bonds. The largest absolute Gasteiger partial charge is 0.311 e. The summed E-state index contributed by atoms with van der Waals surface area (Å²) in [5, 5.41) is 0. The fourth-order valence-electron chi connectivity index (χ4n) is 6.89. The maximum absolute atomic E-state index is 4.52. The van der Waals surface area contributed by atoms with Gasteiger partial charge in [-0.15, -0.1) is 0 Å². The molecule has 1 aliphatic heterocycles. The van der Waals surface area contributed by atoms with Crippen LogP contribution in [0.3, 0.4) is 0 Å². The zero-order valence-electron chi connectivity index (χ0n) is 43.2. The van der Waals surface area contributed by atoms with Gasteiger partial charge in [0.1, 0.15) is 0 Å². The monoisotopic (exact) mass is 901 g/mol. The molecule has 0 aromatic rings. The van der Waals surface area contributed by atoms with Crippen molar-refractivity contribution in [2.24, 2.45) is 5.92 Å². The van der Waals surface area contributed by atoms with E-state index in [1.54, 1.807) is 0 Å². The standard InChI is InChI=1S/C66H80N2/c1-19-30-40-58(22-4)53(14)43-47-62(26-8)68(63(27-9)48-44-54(15)59(23-5)41-31-20-2)64(28-10)49-46-61(25-7)60(24-6)45-42-55(16)65(29-11)66(35-21-3)67-56(17)39-33-32-36-51(12)37-34-38-52(13)50-57(67)18/h19-36,38-51H,4-6,8-9,11,17-18,37H2,1-3,7,10,12-16H3/b30-19-,31-20-,35-21-,36-32-,38-34-,39-33-,49-46-,52-50-,53-43+,54-44+,55-42+,58-40+,59-41+,60-45+,61-25+,62-47+,63-48+,64-28+,66-65-. The van der Waals surface area contributed by atoms with Crippen LogP contribution in [-0.4, -0.2) is 9.80 Å². The van der Waals surface area contributed by atoms with Crippen molar-refractivity contribution in [1.29, 1.82) is 0 Å². The van der Waals surface area contributed by atoms with Crippen LogP contribution in [0.2, 0.25) is 0 Å². The predicted octanol–water partition coefficient (Wildman–Crippen LogP) is 19.2. The molecule has 354 valence electrons. The topological polar surface area (TPSA) is 6.48 Å². The minimum atomic E-state index is 0.418. The van der Waals surface area contributed by atoms with E-state index < -0.39 is 0 Å². The first-order chi connectivity index (χ1) is 32.7. The molecule has 2 nitrogen and oxygen atoms in total. The van der Waals surface area contributed by atoms with Gasteiger partial charge in [-0.2, -0.15) is 0 Å². The normalized spacial score (nSPS) is 20.1.